The van der Waals surface area contributed by atoms with E-state index in [0.717, 1.165) is 30.9 Å². The van der Waals surface area contributed by atoms with Crippen molar-refractivity contribution >= 4 is 16.9 Å². The molecule has 1 aliphatic rings. The molecule has 1 saturated carbocycles. The summed E-state index contributed by atoms with van der Waals surface area (Å²) >= 11 is 0. The summed E-state index contributed by atoms with van der Waals surface area (Å²) in [6.45, 7) is 0. The van der Waals surface area contributed by atoms with E-state index in [2.05, 4.69) is 9.72 Å². The number of methoxy groups -OCH3 is 1. The molecule has 1 aliphatic carbocycles. The Labute approximate surface area is 121 Å². The van der Waals surface area contributed by atoms with E-state index in [1.807, 2.05) is 0 Å². The summed E-state index contributed by atoms with van der Waals surface area (Å²) in [5.41, 5.74) is 1.04. The van der Waals surface area contributed by atoms with Crippen LogP contribution >= 0.6 is 0 Å². The standard InChI is InChI=1S/C16H16FNO3/c1-21-16(20)14-6-10(5-9-3-2-4-9)12-7-11(19)8-13(17)15(12)18-14/h6-9,19H,2-5H2,1H3. The number of esters is 1. The van der Waals surface area contributed by atoms with Gasteiger partial charge in [-0.05, 0) is 30.0 Å². The van der Waals surface area contributed by atoms with Gasteiger partial charge in [0, 0.05) is 11.5 Å². The molecule has 1 heterocycles. The third-order valence-electron chi connectivity index (χ3n) is 4.07. The normalized spacial score (nSPS) is 15.0. The monoisotopic (exact) mass is 289 g/mol. The average molecular weight is 289 g/mol. The van der Waals surface area contributed by atoms with Gasteiger partial charge in [-0.15, -0.1) is 0 Å². The highest BCUT2D eigenvalue weighted by atomic mass is 19.1. The van der Waals surface area contributed by atoms with E-state index in [1.165, 1.54) is 19.6 Å². The Balaban J connectivity index is 2.17. The predicted molar refractivity (Wildman–Crippen MR) is 75.8 cm³/mol. The number of phenols is 1. The molecule has 0 bridgehead atoms. The SMILES string of the molecule is COC(=O)c1cc(CC2CCC2)c2cc(O)cc(F)c2n1. The van der Waals surface area contributed by atoms with E-state index in [-0.39, 0.29) is 17.0 Å². The largest absolute Gasteiger partial charge is 0.508 e. The summed E-state index contributed by atoms with van der Waals surface area (Å²) in [4.78, 5) is 15.7. The smallest absolute Gasteiger partial charge is 0.356 e. The van der Waals surface area contributed by atoms with Gasteiger partial charge in [-0.25, -0.2) is 14.2 Å². The lowest BCUT2D eigenvalue weighted by atomic mass is 9.80. The molecule has 0 saturated heterocycles. The Morgan fingerprint density at radius 1 is 1.43 bits per heavy atom. The van der Waals surface area contributed by atoms with Crippen molar-refractivity contribution in [2.75, 3.05) is 7.11 Å². The first-order chi connectivity index (χ1) is 10.1. The number of phenolic OH excluding ortho intramolecular Hbond substituents is 1. The summed E-state index contributed by atoms with van der Waals surface area (Å²) in [5, 5.41) is 10.2. The molecule has 0 unspecified atom stereocenters. The number of fused-ring (bicyclic) bond motifs is 1. The van der Waals surface area contributed by atoms with Crippen molar-refractivity contribution in [3.8, 4) is 5.75 Å². The quantitative estimate of drug-likeness (QED) is 0.881. The van der Waals surface area contributed by atoms with E-state index in [0.29, 0.717) is 11.3 Å². The first-order valence-electron chi connectivity index (χ1n) is 6.99. The maximum atomic E-state index is 14.0. The molecule has 5 heteroatoms. The molecule has 2 aromatic rings. The maximum absolute atomic E-state index is 14.0. The highest BCUT2D eigenvalue weighted by molar-refractivity contribution is 5.93. The van der Waals surface area contributed by atoms with Crippen LogP contribution in [0.4, 0.5) is 4.39 Å². The molecule has 21 heavy (non-hydrogen) atoms. The second-order valence-electron chi connectivity index (χ2n) is 5.48. The van der Waals surface area contributed by atoms with Crippen LogP contribution in [-0.4, -0.2) is 23.2 Å². The fourth-order valence-electron chi connectivity index (χ4n) is 2.72. The molecule has 1 aromatic heterocycles. The van der Waals surface area contributed by atoms with E-state index in [9.17, 15) is 14.3 Å². The summed E-state index contributed by atoms with van der Waals surface area (Å²) in [5.74, 6) is -0.807. The average Bonchev–Trinajstić information content (AvgIpc) is 2.42. The number of benzene rings is 1. The first kappa shape index (κ1) is 13.8. The molecule has 0 amide bonds. The van der Waals surface area contributed by atoms with Crippen molar-refractivity contribution < 1.29 is 19.0 Å². The lowest BCUT2D eigenvalue weighted by molar-refractivity contribution is 0.0594. The number of aromatic nitrogens is 1. The minimum absolute atomic E-state index is 0.101. The number of rotatable bonds is 3. The molecular weight excluding hydrogens is 273 g/mol. The number of ether oxygens (including phenoxy) is 1. The Hall–Kier alpha value is -2.17. The van der Waals surface area contributed by atoms with E-state index < -0.39 is 11.8 Å². The Morgan fingerprint density at radius 3 is 2.81 bits per heavy atom. The van der Waals surface area contributed by atoms with Gasteiger partial charge in [0.05, 0.1) is 7.11 Å². The van der Waals surface area contributed by atoms with Crippen molar-refractivity contribution in [3.63, 3.8) is 0 Å². The molecule has 4 nitrogen and oxygen atoms in total. The number of hydrogen-bond acceptors (Lipinski definition) is 4. The molecule has 3 rings (SSSR count). The van der Waals surface area contributed by atoms with Crippen molar-refractivity contribution in [1.29, 1.82) is 0 Å². The molecule has 0 spiro atoms. The van der Waals surface area contributed by atoms with Crippen molar-refractivity contribution in [2.24, 2.45) is 5.92 Å². The van der Waals surface area contributed by atoms with Crippen LogP contribution in [0.15, 0.2) is 18.2 Å². The van der Waals surface area contributed by atoms with Gasteiger partial charge in [0.15, 0.2) is 5.82 Å². The Kier molecular flexibility index (Phi) is 3.49. The summed E-state index contributed by atoms with van der Waals surface area (Å²) < 4.78 is 18.7. The Bertz CT molecular complexity index is 710. The number of aromatic hydroxyl groups is 1. The number of halogens is 1. The van der Waals surface area contributed by atoms with E-state index >= 15 is 0 Å². The first-order valence-corrected chi connectivity index (χ1v) is 6.99. The van der Waals surface area contributed by atoms with Crippen LogP contribution in [0, 0.1) is 11.7 Å². The zero-order valence-electron chi connectivity index (χ0n) is 11.7. The second-order valence-corrected chi connectivity index (χ2v) is 5.48. The van der Waals surface area contributed by atoms with Gasteiger partial charge in [0.25, 0.3) is 0 Å². The van der Waals surface area contributed by atoms with Gasteiger partial charge in [-0.1, -0.05) is 19.3 Å². The number of pyridine rings is 1. The molecule has 110 valence electrons. The molecule has 0 radical (unpaired) electrons. The summed E-state index contributed by atoms with van der Waals surface area (Å²) in [6.07, 6.45) is 4.24. The fourth-order valence-corrected chi connectivity index (χ4v) is 2.72. The van der Waals surface area contributed by atoms with Crippen LogP contribution in [0.1, 0.15) is 35.3 Å². The second kappa shape index (κ2) is 5.31. The van der Waals surface area contributed by atoms with Gasteiger partial charge >= 0.3 is 5.97 Å². The fraction of sp³-hybridized carbons (Fsp3) is 0.375. The van der Waals surface area contributed by atoms with Gasteiger partial charge in [0.1, 0.15) is 17.0 Å². The minimum Gasteiger partial charge on any atom is -0.508 e. The Morgan fingerprint density at radius 2 is 2.19 bits per heavy atom. The minimum atomic E-state index is -0.634. The maximum Gasteiger partial charge on any atom is 0.356 e. The van der Waals surface area contributed by atoms with Crippen molar-refractivity contribution in [1.82, 2.24) is 4.98 Å². The predicted octanol–water partition coefficient (Wildman–Crippen LogP) is 3.21. The highest BCUT2D eigenvalue weighted by Crippen LogP contribution is 2.33. The van der Waals surface area contributed by atoms with E-state index in [4.69, 9.17) is 0 Å². The number of carbonyl (C=O) groups is 1. The van der Waals surface area contributed by atoms with Crippen molar-refractivity contribution in [3.05, 3.63) is 35.3 Å². The van der Waals surface area contributed by atoms with Gasteiger partial charge in [-0.2, -0.15) is 0 Å². The summed E-state index contributed by atoms with van der Waals surface area (Å²) in [6, 6.07) is 4.15. The molecule has 1 aromatic carbocycles. The summed E-state index contributed by atoms with van der Waals surface area (Å²) in [7, 11) is 1.27. The van der Waals surface area contributed by atoms with Crippen LogP contribution in [-0.2, 0) is 11.2 Å². The zero-order chi connectivity index (χ0) is 15.0. The van der Waals surface area contributed by atoms with Gasteiger partial charge in [-0.3, -0.25) is 0 Å². The van der Waals surface area contributed by atoms with Crippen LogP contribution in [0.3, 0.4) is 0 Å². The third kappa shape index (κ3) is 2.55. The molecule has 1 fully saturated rings. The van der Waals surface area contributed by atoms with Gasteiger partial charge in [0.2, 0.25) is 0 Å². The molecule has 1 N–H and O–H groups in total. The lowest BCUT2D eigenvalue weighted by Gasteiger charge is -2.26. The molecule has 0 atom stereocenters. The van der Waals surface area contributed by atoms with Crippen LogP contribution in [0.5, 0.6) is 5.75 Å². The highest BCUT2D eigenvalue weighted by Gasteiger charge is 2.22. The number of nitrogens with zero attached hydrogens (tertiary/aromatic N) is 1. The van der Waals surface area contributed by atoms with Crippen LogP contribution in [0.25, 0.3) is 10.9 Å². The van der Waals surface area contributed by atoms with Crippen molar-refractivity contribution in [2.45, 2.75) is 25.7 Å². The van der Waals surface area contributed by atoms with Crippen LogP contribution in [0.2, 0.25) is 0 Å². The van der Waals surface area contributed by atoms with Gasteiger partial charge < -0.3 is 9.84 Å². The third-order valence-corrected chi connectivity index (χ3v) is 4.07. The zero-order valence-corrected chi connectivity index (χ0v) is 11.7. The number of carbonyl (C=O) groups excluding carboxylic acids is 1. The number of hydrogen-bond donors (Lipinski definition) is 1. The molecule has 0 aliphatic heterocycles. The topological polar surface area (TPSA) is 59.4 Å². The van der Waals surface area contributed by atoms with E-state index in [1.54, 1.807) is 6.07 Å². The lowest BCUT2D eigenvalue weighted by Crippen LogP contribution is -2.15. The van der Waals surface area contributed by atoms with Crippen LogP contribution < -0.4 is 0 Å². The molecular formula is C16H16FNO3.